The normalized spacial score (nSPS) is 18.3. The minimum Gasteiger partial charge on any atom is -0.372 e. The zero-order chi connectivity index (χ0) is 19.7. The van der Waals surface area contributed by atoms with Gasteiger partial charge >= 0.3 is 0 Å². The highest BCUT2D eigenvalue weighted by molar-refractivity contribution is 6.01. The van der Waals surface area contributed by atoms with E-state index in [9.17, 15) is 14.0 Å². The number of fused-ring (bicyclic) bond motifs is 1. The van der Waals surface area contributed by atoms with Gasteiger partial charge in [-0.3, -0.25) is 9.59 Å². The average molecular weight is 455 g/mol. The van der Waals surface area contributed by atoms with Gasteiger partial charge in [0, 0.05) is 45.2 Å². The van der Waals surface area contributed by atoms with Gasteiger partial charge in [0.15, 0.2) is 0 Å². The largest absolute Gasteiger partial charge is 0.372 e. The molecule has 162 valence electrons. The number of halogens is 3. The summed E-state index contributed by atoms with van der Waals surface area (Å²) in [6.07, 6.45) is 0.411. The Morgan fingerprint density at radius 2 is 1.93 bits per heavy atom. The second-order valence-electron chi connectivity index (χ2n) is 7.23. The third-order valence-corrected chi connectivity index (χ3v) is 5.34. The Morgan fingerprint density at radius 3 is 2.70 bits per heavy atom. The zero-order valence-electron chi connectivity index (χ0n) is 16.6. The number of carbonyl (C=O) groups excluding carboxylic acids is 2. The number of anilines is 2. The molecule has 2 heterocycles. The van der Waals surface area contributed by atoms with E-state index in [0.29, 0.717) is 43.9 Å². The van der Waals surface area contributed by atoms with Gasteiger partial charge in [-0.2, -0.15) is 0 Å². The summed E-state index contributed by atoms with van der Waals surface area (Å²) in [4.78, 5) is 29.0. The topological polar surface area (TPSA) is 64.7 Å². The van der Waals surface area contributed by atoms with Gasteiger partial charge in [0.1, 0.15) is 5.82 Å². The first-order valence-corrected chi connectivity index (χ1v) is 9.45. The average Bonchev–Trinajstić information content (AvgIpc) is 2.85. The van der Waals surface area contributed by atoms with Crippen LogP contribution in [0.3, 0.4) is 0 Å². The molecule has 30 heavy (non-hydrogen) atoms. The van der Waals surface area contributed by atoms with Crippen LogP contribution in [0.25, 0.3) is 0 Å². The van der Waals surface area contributed by atoms with E-state index in [0.717, 1.165) is 11.3 Å². The van der Waals surface area contributed by atoms with Crippen molar-refractivity contribution in [3.63, 3.8) is 0 Å². The highest BCUT2D eigenvalue weighted by Crippen LogP contribution is 2.31. The van der Waals surface area contributed by atoms with Gasteiger partial charge < -0.3 is 20.4 Å². The summed E-state index contributed by atoms with van der Waals surface area (Å²) < 4.78 is 13.7. The van der Waals surface area contributed by atoms with Gasteiger partial charge in [-0.15, -0.1) is 24.8 Å². The van der Waals surface area contributed by atoms with Crippen molar-refractivity contribution in [1.29, 1.82) is 0 Å². The summed E-state index contributed by atoms with van der Waals surface area (Å²) in [6.45, 7) is 2.41. The summed E-state index contributed by atoms with van der Waals surface area (Å²) >= 11 is 0. The Bertz CT molecular complexity index is 928. The van der Waals surface area contributed by atoms with Gasteiger partial charge in [-0.1, -0.05) is 12.1 Å². The van der Waals surface area contributed by atoms with E-state index in [1.165, 1.54) is 12.1 Å². The van der Waals surface area contributed by atoms with E-state index in [1.807, 2.05) is 24.1 Å². The monoisotopic (exact) mass is 454 g/mol. The summed E-state index contributed by atoms with van der Waals surface area (Å²) in [5, 5.41) is 6.17. The molecule has 0 radical (unpaired) electrons. The van der Waals surface area contributed by atoms with Crippen molar-refractivity contribution in [1.82, 2.24) is 10.2 Å². The molecule has 0 aromatic heterocycles. The summed E-state index contributed by atoms with van der Waals surface area (Å²) in [7, 11) is 1.93. The molecule has 1 unspecified atom stereocenters. The fraction of sp³-hybridized carbons (Fsp3) is 0.333. The third-order valence-electron chi connectivity index (χ3n) is 5.34. The lowest BCUT2D eigenvalue weighted by Gasteiger charge is -2.36. The van der Waals surface area contributed by atoms with Crippen molar-refractivity contribution < 1.29 is 14.0 Å². The first-order valence-electron chi connectivity index (χ1n) is 9.45. The Labute approximate surface area is 187 Å². The molecule has 4 rings (SSSR count). The van der Waals surface area contributed by atoms with E-state index in [4.69, 9.17) is 0 Å². The first-order chi connectivity index (χ1) is 13.5. The van der Waals surface area contributed by atoms with Crippen LogP contribution in [0, 0.1) is 5.82 Å². The number of rotatable bonds is 2. The number of nitrogens with zero attached hydrogens (tertiary/aromatic N) is 2. The second kappa shape index (κ2) is 10.1. The van der Waals surface area contributed by atoms with Crippen molar-refractivity contribution in [3.8, 4) is 0 Å². The van der Waals surface area contributed by atoms with Gasteiger partial charge in [0.25, 0.3) is 5.91 Å². The lowest BCUT2D eigenvalue weighted by Crippen LogP contribution is -2.48. The second-order valence-corrected chi connectivity index (χ2v) is 7.23. The fourth-order valence-electron chi connectivity index (χ4n) is 3.83. The quantitative estimate of drug-likeness (QED) is 0.730. The van der Waals surface area contributed by atoms with Crippen molar-refractivity contribution in [2.24, 2.45) is 0 Å². The van der Waals surface area contributed by atoms with E-state index in [2.05, 4.69) is 10.6 Å². The van der Waals surface area contributed by atoms with Gasteiger partial charge in [0.2, 0.25) is 5.91 Å². The highest BCUT2D eigenvalue weighted by atomic mass is 35.5. The van der Waals surface area contributed by atoms with E-state index < -0.39 is 0 Å². The number of carbonyl (C=O) groups is 2. The number of hydrogen-bond acceptors (Lipinski definition) is 4. The Kier molecular flexibility index (Phi) is 8.06. The number of piperazine rings is 1. The molecule has 2 N–H and O–H groups in total. The molecular weight excluding hydrogens is 430 g/mol. The molecule has 0 saturated carbocycles. The smallest absolute Gasteiger partial charge is 0.254 e. The van der Waals surface area contributed by atoms with E-state index in [-0.39, 0.29) is 48.5 Å². The number of nitrogens with one attached hydrogen (secondary N) is 2. The molecule has 2 aromatic carbocycles. The van der Waals surface area contributed by atoms with Crippen molar-refractivity contribution in [2.75, 3.05) is 43.4 Å². The molecule has 2 amide bonds. The molecule has 9 heteroatoms. The maximum atomic E-state index is 13.7. The minimum atomic E-state index is -0.314. The summed E-state index contributed by atoms with van der Waals surface area (Å²) in [5.41, 5.74) is 2.82. The highest BCUT2D eigenvalue weighted by Gasteiger charge is 2.29. The predicted molar refractivity (Wildman–Crippen MR) is 121 cm³/mol. The molecule has 0 spiro atoms. The molecule has 0 aliphatic carbocycles. The maximum Gasteiger partial charge on any atom is 0.254 e. The Hall–Kier alpha value is -2.35. The number of hydrogen-bond donors (Lipinski definition) is 2. The maximum absolute atomic E-state index is 13.7. The van der Waals surface area contributed by atoms with Crippen LogP contribution < -0.4 is 15.5 Å². The third kappa shape index (κ3) is 4.86. The van der Waals surface area contributed by atoms with Gasteiger partial charge in [0.05, 0.1) is 17.4 Å². The summed E-state index contributed by atoms with van der Waals surface area (Å²) in [6, 6.07) is 11.5. The Morgan fingerprint density at radius 1 is 1.13 bits per heavy atom. The van der Waals surface area contributed by atoms with Crippen LogP contribution in [0.15, 0.2) is 42.5 Å². The molecule has 6 nitrogen and oxygen atoms in total. The summed E-state index contributed by atoms with van der Waals surface area (Å²) in [5.74, 6) is -0.499. The molecule has 2 aromatic rings. The van der Waals surface area contributed by atoms with Crippen LogP contribution in [0.2, 0.25) is 0 Å². The molecule has 0 bridgehead atoms. The molecule has 2 aliphatic rings. The molecule has 1 saturated heterocycles. The Balaban J connectivity index is 0.00000160. The van der Waals surface area contributed by atoms with Crippen LogP contribution in [-0.4, -0.2) is 49.9 Å². The molecule has 1 atom stereocenters. The van der Waals surface area contributed by atoms with E-state index >= 15 is 0 Å². The minimum absolute atomic E-state index is 0. The number of benzene rings is 2. The van der Waals surface area contributed by atoms with Crippen LogP contribution in [0.4, 0.5) is 15.8 Å². The van der Waals surface area contributed by atoms with E-state index in [1.54, 1.807) is 23.1 Å². The SMILES string of the molecule is CN1CCC(=O)Nc2cc(C(=O)N3CCNCC3c3cccc(F)c3)ccc21.Cl.Cl. The number of amides is 2. The van der Waals surface area contributed by atoms with Crippen LogP contribution in [0.1, 0.15) is 28.4 Å². The molecule has 1 fully saturated rings. The molecule has 2 aliphatic heterocycles. The van der Waals surface area contributed by atoms with Gasteiger partial charge in [-0.05, 0) is 35.9 Å². The van der Waals surface area contributed by atoms with Crippen molar-refractivity contribution >= 4 is 48.0 Å². The zero-order valence-corrected chi connectivity index (χ0v) is 18.2. The van der Waals surface area contributed by atoms with Crippen molar-refractivity contribution in [3.05, 3.63) is 59.4 Å². The fourth-order valence-corrected chi connectivity index (χ4v) is 3.83. The molecular formula is C21H25Cl2FN4O2. The first kappa shape index (κ1) is 23.9. The van der Waals surface area contributed by atoms with Crippen LogP contribution >= 0.6 is 24.8 Å². The predicted octanol–water partition coefficient (Wildman–Crippen LogP) is 3.23. The van der Waals surface area contributed by atoms with Crippen LogP contribution in [-0.2, 0) is 4.79 Å². The van der Waals surface area contributed by atoms with Gasteiger partial charge in [-0.25, -0.2) is 4.39 Å². The standard InChI is InChI=1S/C21H23FN4O2.2ClH/c1-25-9-7-20(27)24-17-12-15(5-6-18(17)25)21(28)26-10-8-23-13-19(26)14-3-2-4-16(22)11-14;;/h2-6,11-12,19,23H,7-10,13H2,1H3,(H,24,27);2*1H. The lowest BCUT2D eigenvalue weighted by atomic mass is 10.0. The van der Waals surface area contributed by atoms with Crippen molar-refractivity contribution in [2.45, 2.75) is 12.5 Å². The van der Waals surface area contributed by atoms with Crippen LogP contribution in [0.5, 0.6) is 0 Å². The lowest BCUT2D eigenvalue weighted by molar-refractivity contribution is -0.115.